The van der Waals surface area contributed by atoms with Crippen LogP contribution in [0.5, 0.6) is 0 Å². The summed E-state index contributed by atoms with van der Waals surface area (Å²) in [5, 5.41) is 0. The maximum Gasteiger partial charge on any atom is 0.343 e. The number of carbonyl (C=O) groups excluding carboxylic acids is 1. The molecule has 5 rings (SSSR count). The summed E-state index contributed by atoms with van der Waals surface area (Å²) >= 11 is 0. The van der Waals surface area contributed by atoms with Crippen molar-refractivity contribution in [2.24, 2.45) is 46.3 Å². The molecular formula is C34H48O2. The number of rotatable bonds is 7. The molecule has 2 saturated carbocycles. The van der Waals surface area contributed by atoms with Gasteiger partial charge in [0.15, 0.2) is 0 Å². The van der Waals surface area contributed by atoms with Crippen molar-refractivity contribution in [3.63, 3.8) is 0 Å². The summed E-state index contributed by atoms with van der Waals surface area (Å²) < 4.78 is 5.86. The molecule has 0 aromatic heterocycles. The van der Waals surface area contributed by atoms with Crippen LogP contribution in [-0.4, -0.2) is 5.97 Å². The van der Waals surface area contributed by atoms with Crippen LogP contribution in [0.3, 0.4) is 0 Å². The van der Waals surface area contributed by atoms with Crippen LogP contribution in [0.2, 0.25) is 0 Å². The number of fused-ring (bicyclic) bond motifs is 5. The Morgan fingerprint density at radius 1 is 1.00 bits per heavy atom. The second-order valence-corrected chi connectivity index (χ2v) is 13.6. The summed E-state index contributed by atoms with van der Waals surface area (Å²) in [5.74, 6) is 5.69. The monoisotopic (exact) mass is 488 g/mol. The molecule has 1 aromatic rings. The highest BCUT2D eigenvalue weighted by molar-refractivity contribution is 5.90. The second kappa shape index (κ2) is 10.1. The summed E-state index contributed by atoms with van der Waals surface area (Å²) in [6.45, 7) is 12.5. The lowest BCUT2D eigenvalue weighted by Gasteiger charge is -2.57. The number of hydrogen-bond acceptors (Lipinski definition) is 2. The Kier molecular flexibility index (Phi) is 7.27. The molecule has 0 spiro atoms. The first-order valence-electron chi connectivity index (χ1n) is 14.9. The van der Waals surface area contributed by atoms with E-state index in [2.05, 4.69) is 46.8 Å². The van der Waals surface area contributed by atoms with E-state index in [1.165, 1.54) is 56.9 Å². The minimum atomic E-state index is -0.229. The van der Waals surface area contributed by atoms with Crippen LogP contribution >= 0.6 is 0 Å². The predicted molar refractivity (Wildman–Crippen MR) is 148 cm³/mol. The van der Waals surface area contributed by atoms with Gasteiger partial charge in [0.05, 0.1) is 5.56 Å². The Bertz CT molecular complexity index is 1000. The fourth-order valence-corrected chi connectivity index (χ4v) is 9.16. The van der Waals surface area contributed by atoms with Gasteiger partial charge in [-0.15, -0.1) is 0 Å². The molecule has 0 aliphatic heterocycles. The van der Waals surface area contributed by atoms with Crippen LogP contribution in [-0.2, 0) is 4.74 Å². The second-order valence-electron chi connectivity index (χ2n) is 13.6. The SMILES string of the molecule is CC(C)CCC[C@H](C)[C@H]1CC[C@H]2[C@@H]3CC=C4C=C(OC(=O)c5ccccc5)CC[C@]4(C)[C@H]3CC[C@]12C. The van der Waals surface area contributed by atoms with Crippen molar-refractivity contribution in [3.8, 4) is 0 Å². The zero-order valence-electron chi connectivity index (χ0n) is 23.4. The van der Waals surface area contributed by atoms with Crippen LogP contribution in [0.15, 0.2) is 53.8 Å². The maximum atomic E-state index is 12.6. The van der Waals surface area contributed by atoms with E-state index in [4.69, 9.17) is 4.74 Å². The first-order chi connectivity index (χ1) is 17.2. The first kappa shape index (κ1) is 25.8. The standard InChI is InChI=1S/C34H48O2/c1-23(2)10-9-11-24(3)29-16-17-30-28-15-14-26-22-27(36-32(35)25-12-7-6-8-13-25)18-20-33(26,4)31(28)19-21-34(29,30)5/h6-8,12-14,22-24,28-31H,9-11,15-21H2,1-5H3/t24-,28-,29+,30-,31-,33-,34+/m0/s1. The molecule has 2 fully saturated rings. The van der Waals surface area contributed by atoms with E-state index in [-0.39, 0.29) is 11.4 Å². The number of ether oxygens (including phenoxy) is 1. The molecular weight excluding hydrogens is 440 g/mol. The van der Waals surface area contributed by atoms with Gasteiger partial charge in [-0.1, -0.05) is 78.2 Å². The van der Waals surface area contributed by atoms with Crippen LogP contribution < -0.4 is 0 Å². The lowest BCUT2D eigenvalue weighted by atomic mass is 9.47. The molecule has 0 bridgehead atoms. The fourth-order valence-electron chi connectivity index (χ4n) is 9.16. The molecule has 2 heteroatoms. The average molecular weight is 489 g/mol. The number of benzene rings is 1. The summed E-state index contributed by atoms with van der Waals surface area (Å²) in [4.78, 5) is 12.6. The summed E-state index contributed by atoms with van der Waals surface area (Å²) in [6.07, 6.45) is 17.8. The number of allylic oxidation sites excluding steroid dienone is 4. The van der Waals surface area contributed by atoms with E-state index >= 15 is 0 Å². The minimum Gasteiger partial charge on any atom is -0.427 e. The predicted octanol–water partition coefficient (Wildman–Crippen LogP) is 9.38. The van der Waals surface area contributed by atoms with Gasteiger partial charge in [-0.05, 0) is 109 Å². The van der Waals surface area contributed by atoms with E-state index in [1.54, 1.807) is 0 Å². The molecule has 2 nitrogen and oxygen atoms in total. The van der Waals surface area contributed by atoms with Gasteiger partial charge >= 0.3 is 5.97 Å². The molecule has 0 saturated heterocycles. The number of hydrogen-bond donors (Lipinski definition) is 0. The van der Waals surface area contributed by atoms with E-state index < -0.39 is 0 Å². The molecule has 7 atom stereocenters. The lowest BCUT2D eigenvalue weighted by Crippen LogP contribution is -2.49. The van der Waals surface area contributed by atoms with Gasteiger partial charge in [0.1, 0.15) is 5.76 Å². The van der Waals surface area contributed by atoms with Gasteiger partial charge in [-0.25, -0.2) is 4.79 Å². The van der Waals surface area contributed by atoms with Crippen molar-refractivity contribution in [1.29, 1.82) is 0 Å². The van der Waals surface area contributed by atoms with Crippen molar-refractivity contribution < 1.29 is 9.53 Å². The Hall–Kier alpha value is -1.83. The third-order valence-electron chi connectivity index (χ3n) is 11.2. The summed E-state index contributed by atoms with van der Waals surface area (Å²) in [6, 6.07) is 9.38. The molecule has 1 aromatic carbocycles. The van der Waals surface area contributed by atoms with Crippen molar-refractivity contribution in [2.45, 2.75) is 98.8 Å². The number of carbonyl (C=O) groups is 1. The van der Waals surface area contributed by atoms with Crippen molar-refractivity contribution in [1.82, 2.24) is 0 Å². The van der Waals surface area contributed by atoms with Gasteiger partial charge in [-0.3, -0.25) is 0 Å². The van der Waals surface area contributed by atoms with E-state index in [9.17, 15) is 4.79 Å². The molecule has 0 radical (unpaired) electrons. The minimum absolute atomic E-state index is 0.229. The molecule has 36 heavy (non-hydrogen) atoms. The van der Waals surface area contributed by atoms with Gasteiger partial charge < -0.3 is 4.74 Å². The number of esters is 1. The largest absolute Gasteiger partial charge is 0.427 e. The van der Waals surface area contributed by atoms with Crippen molar-refractivity contribution >= 4 is 5.97 Å². The molecule has 4 aliphatic rings. The zero-order valence-corrected chi connectivity index (χ0v) is 23.4. The zero-order chi connectivity index (χ0) is 25.5. The Morgan fingerprint density at radius 3 is 2.53 bits per heavy atom. The highest BCUT2D eigenvalue weighted by Gasteiger charge is 2.58. The Balaban J connectivity index is 1.29. The molecule has 4 aliphatic carbocycles. The highest BCUT2D eigenvalue weighted by Crippen LogP contribution is 2.67. The van der Waals surface area contributed by atoms with Gasteiger partial charge in [-0.2, -0.15) is 0 Å². The maximum absolute atomic E-state index is 12.6. The Morgan fingerprint density at radius 2 is 1.78 bits per heavy atom. The molecule has 196 valence electrons. The smallest absolute Gasteiger partial charge is 0.343 e. The summed E-state index contributed by atoms with van der Waals surface area (Å²) in [7, 11) is 0. The Labute approximate surface area is 220 Å². The van der Waals surface area contributed by atoms with E-state index in [0.717, 1.165) is 54.1 Å². The molecule has 0 amide bonds. The van der Waals surface area contributed by atoms with Gasteiger partial charge in [0.2, 0.25) is 0 Å². The molecule has 0 heterocycles. The van der Waals surface area contributed by atoms with Crippen LogP contribution in [0, 0.1) is 46.3 Å². The van der Waals surface area contributed by atoms with Crippen LogP contribution in [0.25, 0.3) is 0 Å². The third kappa shape index (κ3) is 4.63. The average Bonchev–Trinajstić information content (AvgIpc) is 3.22. The van der Waals surface area contributed by atoms with Crippen LogP contribution in [0.4, 0.5) is 0 Å². The van der Waals surface area contributed by atoms with Gasteiger partial charge in [0, 0.05) is 6.42 Å². The normalized spacial score (nSPS) is 36.3. The lowest BCUT2D eigenvalue weighted by molar-refractivity contribution is -0.0465. The fraction of sp³-hybridized carbons (Fsp3) is 0.676. The topological polar surface area (TPSA) is 26.3 Å². The first-order valence-corrected chi connectivity index (χ1v) is 14.9. The molecule has 0 unspecified atom stereocenters. The quantitative estimate of drug-likeness (QED) is 0.357. The van der Waals surface area contributed by atoms with Crippen molar-refractivity contribution in [2.75, 3.05) is 0 Å². The van der Waals surface area contributed by atoms with E-state index in [1.807, 2.05) is 30.3 Å². The van der Waals surface area contributed by atoms with Crippen molar-refractivity contribution in [3.05, 3.63) is 59.4 Å². The highest BCUT2D eigenvalue weighted by atomic mass is 16.5. The summed E-state index contributed by atoms with van der Waals surface area (Å²) in [5.41, 5.74) is 2.82. The van der Waals surface area contributed by atoms with Crippen LogP contribution in [0.1, 0.15) is 109 Å². The third-order valence-corrected chi connectivity index (χ3v) is 11.2. The molecule has 0 N–H and O–H groups in total. The van der Waals surface area contributed by atoms with Gasteiger partial charge in [0.25, 0.3) is 0 Å². The van der Waals surface area contributed by atoms with E-state index in [0.29, 0.717) is 11.0 Å².